The van der Waals surface area contributed by atoms with E-state index >= 15 is 0 Å². The molecule has 0 radical (unpaired) electrons. The van der Waals surface area contributed by atoms with Gasteiger partial charge in [0.15, 0.2) is 7.14 Å². The zero-order valence-electron chi connectivity index (χ0n) is 14.9. The maximum absolute atomic E-state index is 14.7. The predicted octanol–water partition coefficient (Wildman–Crippen LogP) is 6.46. The van der Waals surface area contributed by atoms with Crippen LogP contribution in [-0.4, -0.2) is 0 Å². The predicted molar refractivity (Wildman–Crippen MR) is 126 cm³/mol. The van der Waals surface area contributed by atoms with Crippen LogP contribution in [0.1, 0.15) is 0 Å². The number of thiophene rings is 1. The van der Waals surface area contributed by atoms with Crippen LogP contribution < -0.4 is 15.9 Å². The molecule has 28 heavy (non-hydrogen) atoms. The van der Waals surface area contributed by atoms with Crippen LogP contribution >= 0.6 is 34.4 Å². The van der Waals surface area contributed by atoms with E-state index in [1.165, 1.54) is 15.5 Å². The molecule has 0 aliphatic heterocycles. The minimum atomic E-state index is -3.00. The van der Waals surface area contributed by atoms with E-state index in [0.717, 1.165) is 25.1 Å². The highest BCUT2D eigenvalue weighted by atomic mass is 79.9. The SMILES string of the molecule is O=P(c1ccccc1)(c1ccccc1)c1cc2sc3ccccc3c2cc1Br. The second-order valence-corrected chi connectivity index (χ2v) is 11.3. The molecule has 0 bridgehead atoms. The molecule has 0 saturated heterocycles. The summed E-state index contributed by atoms with van der Waals surface area (Å²) >= 11 is 5.50. The molecule has 0 aliphatic carbocycles. The van der Waals surface area contributed by atoms with Crippen LogP contribution in [0.3, 0.4) is 0 Å². The van der Waals surface area contributed by atoms with E-state index in [9.17, 15) is 4.57 Å². The van der Waals surface area contributed by atoms with Crippen molar-refractivity contribution in [3.8, 4) is 0 Å². The molecule has 0 spiro atoms. The van der Waals surface area contributed by atoms with Gasteiger partial charge in [-0.1, -0.05) is 78.9 Å². The zero-order valence-corrected chi connectivity index (χ0v) is 18.2. The van der Waals surface area contributed by atoms with Crippen molar-refractivity contribution in [3.63, 3.8) is 0 Å². The molecule has 1 nitrogen and oxygen atoms in total. The summed E-state index contributed by atoms with van der Waals surface area (Å²) in [5.41, 5.74) is 0. The maximum Gasteiger partial charge on any atom is 0.172 e. The van der Waals surface area contributed by atoms with Crippen molar-refractivity contribution in [2.75, 3.05) is 0 Å². The topological polar surface area (TPSA) is 17.1 Å². The van der Waals surface area contributed by atoms with Crippen molar-refractivity contribution in [2.45, 2.75) is 0 Å². The Morgan fingerprint density at radius 1 is 0.643 bits per heavy atom. The van der Waals surface area contributed by atoms with E-state index in [-0.39, 0.29) is 0 Å². The number of fused-ring (bicyclic) bond motifs is 3. The standard InChI is InChI=1S/C24H16BrOPS/c25-21-15-20-19-13-7-8-14-23(19)28-24(20)16-22(21)27(26,17-9-3-1-4-10-17)18-11-5-2-6-12-18/h1-16H. The van der Waals surface area contributed by atoms with Crippen molar-refractivity contribution in [3.05, 3.63) is 102 Å². The van der Waals surface area contributed by atoms with Crippen molar-refractivity contribution in [1.82, 2.24) is 0 Å². The van der Waals surface area contributed by atoms with Crippen molar-refractivity contribution in [2.24, 2.45) is 0 Å². The summed E-state index contributed by atoms with van der Waals surface area (Å²) in [6.45, 7) is 0. The first-order valence-corrected chi connectivity index (χ1v) is 12.3. The first-order chi connectivity index (χ1) is 13.7. The fraction of sp³-hybridized carbons (Fsp3) is 0. The van der Waals surface area contributed by atoms with Crippen LogP contribution in [0.2, 0.25) is 0 Å². The molecule has 1 heterocycles. The Hall–Kier alpha value is -2.19. The van der Waals surface area contributed by atoms with Gasteiger partial charge in [-0.2, -0.15) is 0 Å². The lowest BCUT2D eigenvalue weighted by Gasteiger charge is -2.21. The van der Waals surface area contributed by atoms with Crippen LogP contribution in [0.25, 0.3) is 20.2 Å². The third-order valence-corrected chi connectivity index (χ3v) is 10.2. The third-order valence-electron chi connectivity index (χ3n) is 5.03. The smallest absolute Gasteiger partial charge is 0.172 e. The van der Waals surface area contributed by atoms with Gasteiger partial charge in [-0.3, -0.25) is 0 Å². The number of halogens is 1. The molecule has 0 atom stereocenters. The van der Waals surface area contributed by atoms with Crippen LogP contribution in [0.15, 0.2) is 102 Å². The molecule has 0 fully saturated rings. The fourth-order valence-electron chi connectivity index (χ4n) is 3.68. The minimum absolute atomic E-state index is 0.849. The Labute approximate surface area is 176 Å². The molecule has 0 amide bonds. The molecule has 0 N–H and O–H groups in total. The van der Waals surface area contributed by atoms with Crippen LogP contribution in [0.5, 0.6) is 0 Å². The van der Waals surface area contributed by atoms with Crippen LogP contribution in [-0.2, 0) is 4.57 Å². The second-order valence-electron chi connectivity index (χ2n) is 6.68. The molecular weight excluding hydrogens is 447 g/mol. The van der Waals surface area contributed by atoms with E-state index < -0.39 is 7.14 Å². The van der Waals surface area contributed by atoms with Gasteiger partial charge in [0.1, 0.15) is 0 Å². The lowest BCUT2D eigenvalue weighted by molar-refractivity contribution is 0.592. The summed E-state index contributed by atoms with van der Waals surface area (Å²) < 4.78 is 18.0. The summed E-state index contributed by atoms with van der Waals surface area (Å²) in [4.78, 5) is 0. The summed E-state index contributed by atoms with van der Waals surface area (Å²) in [5, 5.41) is 4.99. The average Bonchev–Trinajstić information content (AvgIpc) is 3.11. The van der Waals surface area contributed by atoms with Gasteiger partial charge in [0.2, 0.25) is 0 Å². The number of rotatable bonds is 3. The van der Waals surface area contributed by atoms with E-state index in [1.54, 1.807) is 11.3 Å². The van der Waals surface area contributed by atoms with Gasteiger partial charge in [-0.25, -0.2) is 0 Å². The van der Waals surface area contributed by atoms with E-state index in [0.29, 0.717) is 0 Å². The first kappa shape index (κ1) is 17.9. The Bertz CT molecular complexity index is 1300. The monoisotopic (exact) mass is 462 g/mol. The van der Waals surface area contributed by atoms with Crippen molar-refractivity contribution >= 4 is 70.5 Å². The fourth-order valence-corrected chi connectivity index (χ4v) is 8.70. The molecule has 1 aromatic heterocycles. The molecule has 136 valence electrons. The third kappa shape index (κ3) is 2.78. The molecule has 4 aromatic carbocycles. The second kappa shape index (κ2) is 7.00. The number of hydrogen-bond acceptors (Lipinski definition) is 2. The Balaban J connectivity index is 1.85. The van der Waals surface area contributed by atoms with Gasteiger partial charge < -0.3 is 4.57 Å². The Kier molecular flexibility index (Phi) is 4.47. The largest absolute Gasteiger partial charge is 0.309 e. The summed E-state index contributed by atoms with van der Waals surface area (Å²) in [7, 11) is -3.00. The summed E-state index contributed by atoms with van der Waals surface area (Å²) in [6, 6.07) is 32.3. The Morgan fingerprint density at radius 3 is 1.86 bits per heavy atom. The average molecular weight is 463 g/mol. The lowest BCUT2D eigenvalue weighted by atomic mass is 10.1. The minimum Gasteiger partial charge on any atom is -0.309 e. The normalized spacial score (nSPS) is 11.9. The number of benzene rings is 4. The van der Waals surface area contributed by atoms with Crippen LogP contribution in [0, 0.1) is 0 Å². The van der Waals surface area contributed by atoms with Crippen LogP contribution in [0.4, 0.5) is 0 Å². The summed E-state index contributed by atoms with van der Waals surface area (Å²) in [5.74, 6) is 0. The van der Waals surface area contributed by atoms with Gasteiger partial charge in [-0.05, 0) is 34.1 Å². The highest BCUT2D eigenvalue weighted by molar-refractivity contribution is 9.10. The van der Waals surface area contributed by atoms with Gasteiger partial charge in [0.25, 0.3) is 0 Å². The molecule has 0 unspecified atom stereocenters. The van der Waals surface area contributed by atoms with Crippen molar-refractivity contribution in [1.29, 1.82) is 0 Å². The van der Waals surface area contributed by atoms with E-state index in [1.807, 2.05) is 60.7 Å². The maximum atomic E-state index is 14.7. The van der Waals surface area contributed by atoms with Gasteiger partial charge in [0, 0.05) is 40.6 Å². The quantitative estimate of drug-likeness (QED) is 0.281. The van der Waals surface area contributed by atoms with Gasteiger partial charge in [-0.15, -0.1) is 11.3 Å². The van der Waals surface area contributed by atoms with Gasteiger partial charge >= 0.3 is 0 Å². The molecule has 5 rings (SSSR count). The molecule has 0 saturated carbocycles. The van der Waals surface area contributed by atoms with E-state index in [2.05, 4.69) is 52.3 Å². The first-order valence-electron chi connectivity index (χ1n) is 9.00. The van der Waals surface area contributed by atoms with Crippen molar-refractivity contribution < 1.29 is 4.57 Å². The Morgan fingerprint density at radius 2 is 1.21 bits per heavy atom. The molecule has 4 heteroatoms. The van der Waals surface area contributed by atoms with Gasteiger partial charge in [0.05, 0.1) is 0 Å². The summed E-state index contributed by atoms with van der Waals surface area (Å²) in [6.07, 6.45) is 0. The molecule has 0 aliphatic rings. The van der Waals surface area contributed by atoms with E-state index in [4.69, 9.17) is 0 Å². The molecular formula is C24H16BrOPS. The highest BCUT2D eigenvalue weighted by Gasteiger charge is 2.32. The highest BCUT2D eigenvalue weighted by Crippen LogP contribution is 2.46. The zero-order chi connectivity index (χ0) is 19.1. The number of hydrogen-bond donors (Lipinski definition) is 0. The molecule has 5 aromatic rings. The lowest BCUT2D eigenvalue weighted by Crippen LogP contribution is -2.25.